The highest BCUT2D eigenvalue weighted by Crippen LogP contribution is 2.20. The van der Waals surface area contributed by atoms with Crippen molar-refractivity contribution in [3.05, 3.63) is 24.0 Å². The summed E-state index contributed by atoms with van der Waals surface area (Å²) in [5.41, 5.74) is 1.40. The highest BCUT2D eigenvalue weighted by Gasteiger charge is 2.09. The van der Waals surface area contributed by atoms with E-state index in [0.29, 0.717) is 11.5 Å². The third-order valence-electron chi connectivity index (χ3n) is 2.33. The van der Waals surface area contributed by atoms with Crippen molar-refractivity contribution in [1.82, 2.24) is 9.55 Å². The summed E-state index contributed by atoms with van der Waals surface area (Å²) >= 11 is 0. The van der Waals surface area contributed by atoms with Crippen LogP contribution in [0.15, 0.2) is 18.2 Å². The van der Waals surface area contributed by atoms with Crippen molar-refractivity contribution in [2.24, 2.45) is 0 Å². The first-order chi connectivity index (χ1) is 7.76. The zero-order chi connectivity index (χ0) is 11.5. The lowest BCUT2D eigenvalue weighted by Gasteiger charge is -2.04. The minimum atomic E-state index is -0.322. The molecule has 1 aromatic carbocycles. The van der Waals surface area contributed by atoms with Gasteiger partial charge in [-0.3, -0.25) is 5.32 Å². The molecule has 0 bridgehead atoms. The minimum absolute atomic E-state index is 0.322. The van der Waals surface area contributed by atoms with Crippen LogP contribution in [0, 0.1) is 17.3 Å². The molecule has 1 aromatic heterocycles. The van der Waals surface area contributed by atoms with E-state index in [1.54, 1.807) is 6.07 Å². The average Bonchev–Trinajstić information content (AvgIpc) is 2.57. The summed E-state index contributed by atoms with van der Waals surface area (Å²) in [4.78, 5) is 4.17. The number of anilines is 1. The zero-order valence-corrected chi connectivity index (χ0v) is 8.87. The molecule has 2 rings (SSSR count). The molecule has 0 fully saturated rings. The number of benzene rings is 1. The molecule has 1 N–H and O–H groups in total. The van der Waals surface area contributed by atoms with Gasteiger partial charge in [0.2, 0.25) is 5.95 Å². The molecule has 0 atom stereocenters. The van der Waals surface area contributed by atoms with Crippen molar-refractivity contribution in [1.29, 1.82) is 5.26 Å². The summed E-state index contributed by atoms with van der Waals surface area (Å²) in [5.74, 6) is 0.141. The van der Waals surface area contributed by atoms with Crippen LogP contribution in [0.1, 0.15) is 13.3 Å². The van der Waals surface area contributed by atoms with Gasteiger partial charge in [0.15, 0.2) is 6.19 Å². The van der Waals surface area contributed by atoms with Crippen molar-refractivity contribution in [3.8, 4) is 6.19 Å². The standard InChI is InChI=1S/C11H11FN4/c1-2-5-16-10-4-3-8(12)6-9(10)15-11(16)14-7-13/h3-4,6H,2,5H2,1H3,(H,14,15). The number of nitrogens with one attached hydrogen (secondary N) is 1. The smallest absolute Gasteiger partial charge is 0.217 e. The monoisotopic (exact) mass is 218 g/mol. The molecule has 0 amide bonds. The first-order valence-electron chi connectivity index (χ1n) is 5.07. The van der Waals surface area contributed by atoms with Crippen molar-refractivity contribution < 1.29 is 4.39 Å². The summed E-state index contributed by atoms with van der Waals surface area (Å²) in [6, 6.07) is 4.44. The Kier molecular flexibility index (Phi) is 2.73. The third-order valence-corrected chi connectivity index (χ3v) is 2.33. The van der Waals surface area contributed by atoms with Gasteiger partial charge in [-0.05, 0) is 18.6 Å². The predicted octanol–water partition coefficient (Wildman–Crippen LogP) is 2.48. The molecule has 0 radical (unpaired) electrons. The van der Waals surface area contributed by atoms with Gasteiger partial charge in [-0.25, -0.2) is 9.37 Å². The Morgan fingerprint density at radius 2 is 2.38 bits per heavy atom. The molecule has 0 saturated carbocycles. The highest BCUT2D eigenvalue weighted by atomic mass is 19.1. The van der Waals surface area contributed by atoms with Crippen LogP contribution in [0.3, 0.4) is 0 Å². The van der Waals surface area contributed by atoms with E-state index in [1.165, 1.54) is 12.1 Å². The van der Waals surface area contributed by atoms with Gasteiger partial charge < -0.3 is 4.57 Å². The third kappa shape index (κ3) is 1.70. The number of halogens is 1. The predicted molar refractivity (Wildman–Crippen MR) is 59.2 cm³/mol. The lowest BCUT2D eigenvalue weighted by atomic mass is 10.3. The molecule has 2 aromatic rings. The lowest BCUT2D eigenvalue weighted by molar-refractivity contribution is 0.629. The summed E-state index contributed by atoms with van der Waals surface area (Å²) in [7, 11) is 0. The fraction of sp³-hybridized carbons (Fsp3) is 0.273. The Morgan fingerprint density at radius 3 is 3.06 bits per heavy atom. The normalized spacial score (nSPS) is 10.3. The largest absolute Gasteiger partial charge is 0.309 e. The average molecular weight is 218 g/mol. The number of fused-ring (bicyclic) bond motifs is 1. The summed E-state index contributed by atoms with van der Waals surface area (Å²) in [6.07, 6.45) is 2.75. The Morgan fingerprint density at radius 1 is 1.56 bits per heavy atom. The molecule has 0 aliphatic heterocycles. The van der Waals surface area contributed by atoms with Crippen LogP contribution < -0.4 is 5.32 Å². The van der Waals surface area contributed by atoms with E-state index in [0.717, 1.165) is 18.5 Å². The molecule has 0 aliphatic rings. The van der Waals surface area contributed by atoms with E-state index in [-0.39, 0.29) is 5.82 Å². The second-order valence-electron chi connectivity index (χ2n) is 3.46. The Balaban J connectivity index is 2.61. The summed E-state index contributed by atoms with van der Waals surface area (Å²) in [6.45, 7) is 2.78. The maximum absolute atomic E-state index is 13.0. The van der Waals surface area contributed by atoms with Crippen molar-refractivity contribution in [3.63, 3.8) is 0 Å². The molecule has 82 valence electrons. The van der Waals surface area contributed by atoms with Crippen LogP contribution >= 0.6 is 0 Å². The Hall–Kier alpha value is -2.09. The molecule has 0 saturated heterocycles. The van der Waals surface area contributed by atoms with Crippen molar-refractivity contribution >= 4 is 17.0 Å². The number of hydrogen-bond acceptors (Lipinski definition) is 3. The molecule has 5 heteroatoms. The van der Waals surface area contributed by atoms with E-state index in [9.17, 15) is 4.39 Å². The van der Waals surface area contributed by atoms with E-state index < -0.39 is 0 Å². The molecular weight excluding hydrogens is 207 g/mol. The highest BCUT2D eigenvalue weighted by molar-refractivity contribution is 5.79. The van der Waals surface area contributed by atoms with E-state index in [4.69, 9.17) is 5.26 Å². The van der Waals surface area contributed by atoms with Crippen molar-refractivity contribution in [2.75, 3.05) is 5.32 Å². The molecule has 4 nitrogen and oxygen atoms in total. The van der Waals surface area contributed by atoms with Crippen LogP contribution in [0.2, 0.25) is 0 Å². The van der Waals surface area contributed by atoms with E-state index >= 15 is 0 Å². The van der Waals surface area contributed by atoms with Gasteiger partial charge in [-0.15, -0.1) is 0 Å². The topological polar surface area (TPSA) is 53.6 Å². The summed E-state index contributed by atoms with van der Waals surface area (Å²) < 4.78 is 14.9. The van der Waals surface area contributed by atoms with Crippen LogP contribution in [-0.2, 0) is 6.54 Å². The van der Waals surface area contributed by atoms with Gasteiger partial charge in [0.25, 0.3) is 0 Å². The van der Waals surface area contributed by atoms with Gasteiger partial charge in [0, 0.05) is 12.6 Å². The maximum atomic E-state index is 13.0. The quantitative estimate of drug-likeness (QED) is 0.636. The number of aryl methyl sites for hydroxylation is 1. The van der Waals surface area contributed by atoms with Gasteiger partial charge in [0.05, 0.1) is 11.0 Å². The van der Waals surface area contributed by atoms with Crippen LogP contribution in [0.25, 0.3) is 11.0 Å². The Labute approximate surface area is 92.3 Å². The number of rotatable bonds is 3. The van der Waals surface area contributed by atoms with Crippen molar-refractivity contribution in [2.45, 2.75) is 19.9 Å². The second-order valence-corrected chi connectivity index (χ2v) is 3.46. The van der Waals surface area contributed by atoms with E-state index in [2.05, 4.69) is 10.3 Å². The minimum Gasteiger partial charge on any atom is -0.309 e. The molecule has 0 aliphatic carbocycles. The number of imidazole rings is 1. The van der Waals surface area contributed by atoms with Gasteiger partial charge >= 0.3 is 0 Å². The molecule has 0 unspecified atom stereocenters. The fourth-order valence-corrected chi connectivity index (χ4v) is 1.70. The maximum Gasteiger partial charge on any atom is 0.217 e. The lowest BCUT2D eigenvalue weighted by Crippen LogP contribution is -2.02. The fourth-order valence-electron chi connectivity index (χ4n) is 1.70. The zero-order valence-electron chi connectivity index (χ0n) is 8.87. The van der Waals surface area contributed by atoms with Crippen LogP contribution in [0.5, 0.6) is 0 Å². The molecule has 1 heterocycles. The van der Waals surface area contributed by atoms with E-state index in [1.807, 2.05) is 17.7 Å². The number of hydrogen-bond donors (Lipinski definition) is 1. The van der Waals surface area contributed by atoms with Crippen LogP contribution in [0.4, 0.5) is 10.3 Å². The van der Waals surface area contributed by atoms with Gasteiger partial charge in [-0.2, -0.15) is 5.26 Å². The SMILES string of the molecule is CCCn1c(NC#N)nc2cc(F)ccc21. The summed E-state index contributed by atoms with van der Waals surface area (Å²) in [5, 5.41) is 11.1. The Bertz CT molecular complexity index is 553. The number of nitrogens with zero attached hydrogens (tertiary/aromatic N) is 3. The molecule has 0 spiro atoms. The van der Waals surface area contributed by atoms with Gasteiger partial charge in [-0.1, -0.05) is 6.92 Å². The van der Waals surface area contributed by atoms with Crippen LogP contribution in [-0.4, -0.2) is 9.55 Å². The number of nitriles is 1. The second kappa shape index (κ2) is 4.19. The van der Waals surface area contributed by atoms with Gasteiger partial charge in [0.1, 0.15) is 5.82 Å². The molecular formula is C11H11FN4. The molecule has 16 heavy (non-hydrogen) atoms. The first-order valence-corrected chi connectivity index (χ1v) is 5.07. The number of aromatic nitrogens is 2. The first kappa shape index (κ1) is 10.4.